The van der Waals surface area contributed by atoms with E-state index in [4.69, 9.17) is 0 Å². The molecule has 0 bridgehead atoms. The molecule has 0 atom stereocenters. The smallest absolute Gasteiger partial charge is 0.268 e. The Morgan fingerprint density at radius 1 is 1.14 bits per heavy atom. The first kappa shape index (κ1) is 13.4. The van der Waals surface area contributed by atoms with Crippen molar-refractivity contribution in [3.8, 4) is 0 Å². The average Bonchev–Trinajstić information content (AvgIpc) is 3.02. The lowest BCUT2D eigenvalue weighted by Crippen LogP contribution is -2.09. The van der Waals surface area contributed by atoms with Crippen LogP contribution < -0.4 is 5.56 Å². The number of para-hydroxylation sites is 1. The summed E-state index contributed by atoms with van der Waals surface area (Å²) in [7, 11) is 0. The number of hydrogen-bond donors (Lipinski definition) is 1. The summed E-state index contributed by atoms with van der Waals surface area (Å²) in [6, 6.07) is 9.73. The fourth-order valence-corrected chi connectivity index (χ4v) is 3.81. The standard InChI is InChI=1S/C15H10N4OS2/c20-14-13-11(5-6-21-13)18-12(19-14)7-22-15-9-3-1-2-4-10(9)16-8-17-15/h1-6,8H,7H2,(H,18,19,20). The van der Waals surface area contributed by atoms with Crippen LogP contribution in [0.25, 0.3) is 21.1 Å². The van der Waals surface area contributed by atoms with Gasteiger partial charge in [0.1, 0.15) is 21.9 Å². The van der Waals surface area contributed by atoms with Crippen LogP contribution in [0, 0.1) is 0 Å². The molecule has 7 heteroatoms. The zero-order valence-electron chi connectivity index (χ0n) is 11.3. The van der Waals surface area contributed by atoms with Gasteiger partial charge in [0.25, 0.3) is 5.56 Å². The van der Waals surface area contributed by atoms with Crippen molar-refractivity contribution in [3.05, 3.63) is 58.2 Å². The molecule has 1 aromatic carbocycles. The van der Waals surface area contributed by atoms with Gasteiger partial charge in [0.2, 0.25) is 0 Å². The van der Waals surface area contributed by atoms with Crippen LogP contribution in [0.4, 0.5) is 0 Å². The quantitative estimate of drug-likeness (QED) is 0.462. The van der Waals surface area contributed by atoms with Gasteiger partial charge in [-0.2, -0.15) is 0 Å². The van der Waals surface area contributed by atoms with Gasteiger partial charge in [0.05, 0.1) is 16.8 Å². The van der Waals surface area contributed by atoms with Crippen LogP contribution in [0.15, 0.2) is 51.9 Å². The minimum atomic E-state index is -0.0804. The molecule has 0 saturated heterocycles. The third-order valence-corrected chi connectivity index (χ3v) is 5.13. The van der Waals surface area contributed by atoms with E-state index in [0.717, 1.165) is 21.4 Å². The number of aromatic amines is 1. The predicted molar refractivity (Wildman–Crippen MR) is 89.3 cm³/mol. The molecule has 0 aliphatic heterocycles. The molecule has 0 aliphatic carbocycles. The third-order valence-electron chi connectivity index (χ3n) is 3.22. The van der Waals surface area contributed by atoms with Crippen LogP contribution in [0.5, 0.6) is 0 Å². The summed E-state index contributed by atoms with van der Waals surface area (Å²) in [6.07, 6.45) is 1.56. The summed E-state index contributed by atoms with van der Waals surface area (Å²) in [5.74, 6) is 1.21. The van der Waals surface area contributed by atoms with Crippen molar-refractivity contribution in [1.82, 2.24) is 19.9 Å². The van der Waals surface area contributed by atoms with Crippen LogP contribution in [-0.2, 0) is 5.75 Å². The Morgan fingerprint density at radius 2 is 2.05 bits per heavy atom. The van der Waals surface area contributed by atoms with E-state index in [9.17, 15) is 4.79 Å². The van der Waals surface area contributed by atoms with Crippen molar-refractivity contribution >= 4 is 44.2 Å². The topological polar surface area (TPSA) is 71.5 Å². The Morgan fingerprint density at radius 3 is 3.00 bits per heavy atom. The molecule has 0 spiro atoms. The summed E-state index contributed by atoms with van der Waals surface area (Å²) in [5.41, 5.74) is 1.58. The van der Waals surface area contributed by atoms with Crippen molar-refractivity contribution in [2.24, 2.45) is 0 Å². The van der Waals surface area contributed by atoms with Gasteiger partial charge < -0.3 is 4.98 Å². The summed E-state index contributed by atoms with van der Waals surface area (Å²) in [4.78, 5) is 27.9. The van der Waals surface area contributed by atoms with Crippen LogP contribution in [0.3, 0.4) is 0 Å². The molecule has 3 heterocycles. The molecule has 0 amide bonds. The highest BCUT2D eigenvalue weighted by Gasteiger charge is 2.08. The highest BCUT2D eigenvalue weighted by Crippen LogP contribution is 2.26. The second kappa shape index (κ2) is 5.51. The van der Waals surface area contributed by atoms with Gasteiger partial charge in [-0.05, 0) is 17.5 Å². The highest BCUT2D eigenvalue weighted by molar-refractivity contribution is 7.98. The van der Waals surface area contributed by atoms with Gasteiger partial charge in [-0.25, -0.2) is 15.0 Å². The number of fused-ring (bicyclic) bond motifs is 2. The van der Waals surface area contributed by atoms with Gasteiger partial charge in [-0.15, -0.1) is 11.3 Å². The monoisotopic (exact) mass is 326 g/mol. The zero-order chi connectivity index (χ0) is 14.9. The van der Waals surface area contributed by atoms with E-state index in [1.807, 2.05) is 35.7 Å². The second-order valence-corrected chi connectivity index (χ2v) is 6.51. The first-order valence-electron chi connectivity index (χ1n) is 6.60. The molecule has 108 valence electrons. The summed E-state index contributed by atoms with van der Waals surface area (Å²) < 4.78 is 0.668. The van der Waals surface area contributed by atoms with Gasteiger partial charge >= 0.3 is 0 Å². The molecule has 0 aliphatic rings. The second-order valence-electron chi connectivity index (χ2n) is 4.63. The minimum Gasteiger partial charge on any atom is -0.309 e. The lowest BCUT2D eigenvalue weighted by atomic mass is 10.2. The third kappa shape index (κ3) is 2.38. The first-order chi connectivity index (χ1) is 10.8. The summed E-state index contributed by atoms with van der Waals surface area (Å²) >= 11 is 2.95. The van der Waals surface area contributed by atoms with E-state index >= 15 is 0 Å². The fourth-order valence-electron chi connectivity index (χ4n) is 2.22. The molecular formula is C15H10N4OS2. The van der Waals surface area contributed by atoms with E-state index in [2.05, 4.69) is 19.9 Å². The summed E-state index contributed by atoms with van der Waals surface area (Å²) in [6.45, 7) is 0. The van der Waals surface area contributed by atoms with E-state index < -0.39 is 0 Å². The van der Waals surface area contributed by atoms with Crippen LogP contribution in [0.2, 0.25) is 0 Å². The Balaban J connectivity index is 1.67. The number of rotatable bonds is 3. The maximum Gasteiger partial charge on any atom is 0.268 e. The SMILES string of the molecule is O=c1[nH]c(CSc2ncnc3ccccc23)nc2ccsc12. The number of aromatic nitrogens is 4. The molecule has 4 aromatic rings. The number of H-pyrrole nitrogens is 1. The van der Waals surface area contributed by atoms with Gasteiger partial charge in [-0.3, -0.25) is 4.79 Å². The molecule has 1 N–H and O–H groups in total. The van der Waals surface area contributed by atoms with E-state index in [1.54, 1.807) is 18.1 Å². The van der Waals surface area contributed by atoms with Crippen LogP contribution >= 0.6 is 23.1 Å². The van der Waals surface area contributed by atoms with Gasteiger partial charge in [0, 0.05) is 5.39 Å². The van der Waals surface area contributed by atoms with Crippen molar-refractivity contribution in [3.63, 3.8) is 0 Å². The summed E-state index contributed by atoms with van der Waals surface area (Å²) in [5, 5.41) is 3.77. The lowest BCUT2D eigenvalue weighted by Gasteiger charge is -2.04. The van der Waals surface area contributed by atoms with Crippen molar-refractivity contribution in [2.75, 3.05) is 0 Å². The van der Waals surface area contributed by atoms with Crippen LogP contribution in [-0.4, -0.2) is 19.9 Å². The average molecular weight is 326 g/mol. The minimum absolute atomic E-state index is 0.0804. The Kier molecular flexibility index (Phi) is 3.36. The van der Waals surface area contributed by atoms with E-state index in [0.29, 0.717) is 16.3 Å². The number of benzene rings is 1. The maximum atomic E-state index is 12.0. The molecule has 5 nitrogen and oxygen atoms in total. The number of nitrogens with zero attached hydrogens (tertiary/aromatic N) is 3. The Hall–Kier alpha value is -2.25. The largest absolute Gasteiger partial charge is 0.309 e. The molecule has 0 saturated carbocycles. The molecular weight excluding hydrogens is 316 g/mol. The van der Waals surface area contributed by atoms with E-state index in [1.165, 1.54) is 11.3 Å². The number of nitrogens with one attached hydrogen (secondary N) is 1. The van der Waals surface area contributed by atoms with Crippen molar-refractivity contribution in [1.29, 1.82) is 0 Å². The van der Waals surface area contributed by atoms with Crippen LogP contribution in [0.1, 0.15) is 5.82 Å². The number of hydrogen-bond acceptors (Lipinski definition) is 6. The Labute approximate surface area is 133 Å². The Bertz CT molecular complexity index is 1020. The number of thiophene rings is 1. The van der Waals surface area contributed by atoms with Gasteiger partial charge in [0.15, 0.2) is 0 Å². The van der Waals surface area contributed by atoms with Crippen molar-refractivity contribution < 1.29 is 0 Å². The molecule has 3 aromatic heterocycles. The number of thioether (sulfide) groups is 1. The fraction of sp³-hybridized carbons (Fsp3) is 0.0667. The van der Waals surface area contributed by atoms with Gasteiger partial charge in [-0.1, -0.05) is 30.0 Å². The van der Waals surface area contributed by atoms with Crippen molar-refractivity contribution in [2.45, 2.75) is 10.8 Å². The highest BCUT2D eigenvalue weighted by atomic mass is 32.2. The molecule has 4 rings (SSSR count). The first-order valence-corrected chi connectivity index (χ1v) is 8.47. The molecule has 0 fully saturated rings. The predicted octanol–water partition coefficient (Wildman–Crippen LogP) is 3.22. The zero-order valence-corrected chi connectivity index (χ0v) is 12.9. The molecule has 0 unspecified atom stereocenters. The molecule has 22 heavy (non-hydrogen) atoms. The lowest BCUT2D eigenvalue weighted by molar-refractivity contribution is 1.04. The van der Waals surface area contributed by atoms with E-state index in [-0.39, 0.29) is 5.56 Å². The maximum absolute atomic E-state index is 12.0. The normalized spacial score (nSPS) is 11.3. The molecule has 0 radical (unpaired) electrons.